The first-order valence-electron chi connectivity index (χ1n) is 8.74. The molecule has 0 bridgehead atoms. The average molecular weight is 372 g/mol. The molecule has 1 heterocycles. The molecule has 3 rings (SSSR count). The molecule has 26 heavy (non-hydrogen) atoms. The first kappa shape index (κ1) is 18.6. The van der Waals surface area contributed by atoms with E-state index in [-0.39, 0.29) is 11.9 Å². The molecule has 138 valence electrons. The second-order valence-electron chi connectivity index (χ2n) is 6.57. The van der Waals surface area contributed by atoms with Gasteiger partial charge in [-0.15, -0.1) is 11.8 Å². The van der Waals surface area contributed by atoms with Gasteiger partial charge in [-0.05, 0) is 55.2 Å². The van der Waals surface area contributed by atoms with Crippen molar-refractivity contribution in [3.63, 3.8) is 0 Å². The highest BCUT2D eigenvalue weighted by molar-refractivity contribution is 7.99. The van der Waals surface area contributed by atoms with Crippen LogP contribution in [-0.4, -0.2) is 31.9 Å². The lowest BCUT2D eigenvalue weighted by Gasteiger charge is -2.22. The van der Waals surface area contributed by atoms with Gasteiger partial charge in [-0.2, -0.15) is 0 Å². The minimum Gasteiger partial charge on any atom is -0.493 e. The molecule has 2 aromatic rings. The summed E-state index contributed by atoms with van der Waals surface area (Å²) in [5.74, 6) is 2.86. The minimum atomic E-state index is 0.172. The largest absolute Gasteiger partial charge is 0.493 e. The second-order valence-corrected chi connectivity index (χ2v) is 7.56. The van der Waals surface area contributed by atoms with Crippen LogP contribution in [0, 0.1) is 6.92 Å². The molecule has 1 aliphatic heterocycles. The Labute approximate surface area is 159 Å². The quantitative estimate of drug-likeness (QED) is 0.762. The molecule has 0 saturated carbocycles. The summed E-state index contributed by atoms with van der Waals surface area (Å²) in [5.41, 5.74) is 4.62. The zero-order valence-electron chi connectivity index (χ0n) is 15.7. The summed E-state index contributed by atoms with van der Waals surface area (Å²) in [6.45, 7) is 4.17. The van der Waals surface area contributed by atoms with Crippen LogP contribution in [0.4, 0.5) is 5.69 Å². The predicted molar refractivity (Wildman–Crippen MR) is 108 cm³/mol. The molecule has 0 unspecified atom stereocenters. The molecular formula is C21H25NO3S. The van der Waals surface area contributed by atoms with Crippen LogP contribution < -0.4 is 14.4 Å². The molecule has 0 saturated heterocycles. The van der Waals surface area contributed by atoms with Gasteiger partial charge in [0.05, 0.1) is 20.0 Å². The van der Waals surface area contributed by atoms with Crippen molar-refractivity contribution >= 4 is 23.4 Å². The van der Waals surface area contributed by atoms with E-state index in [1.54, 1.807) is 26.0 Å². The van der Waals surface area contributed by atoms with Crippen LogP contribution in [0.15, 0.2) is 36.4 Å². The lowest BCUT2D eigenvalue weighted by atomic mass is 10.1. The number of fused-ring (bicyclic) bond motifs is 1. The zero-order chi connectivity index (χ0) is 18.7. The molecular weight excluding hydrogens is 346 g/mol. The second kappa shape index (κ2) is 8.04. The number of rotatable bonds is 6. The third-order valence-corrected chi connectivity index (χ3v) is 5.77. The van der Waals surface area contributed by atoms with Crippen LogP contribution in [0.3, 0.4) is 0 Å². The van der Waals surface area contributed by atoms with E-state index in [4.69, 9.17) is 9.47 Å². The highest BCUT2D eigenvalue weighted by Crippen LogP contribution is 2.34. The maximum atomic E-state index is 12.8. The molecule has 2 aromatic carbocycles. The molecule has 4 nitrogen and oxygen atoms in total. The van der Waals surface area contributed by atoms with Gasteiger partial charge in [0.15, 0.2) is 11.5 Å². The lowest BCUT2D eigenvalue weighted by Crippen LogP contribution is -2.37. The van der Waals surface area contributed by atoms with E-state index in [2.05, 4.69) is 19.9 Å². The van der Waals surface area contributed by atoms with E-state index in [1.807, 2.05) is 35.2 Å². The summed E-state index contributed by atoms with van der Waals surface area (Å²) < 4.78 is 10.7. The molecule has 1 atom stereocenters. The fourth-order valence-electron chi connectivity index (χ4n) is 3.44. The van der Waals surface area contributed by atoms with Crippen molar-refractivity contribution in [1.82, 2.24) is 0 Å². The van der Waals surface area contributed by atoms with Crippen LogP contribution in [-0.2, 0) is 17.0 Å². The number of amides is 1. The van der Waals surface area contributed by atoms with Crippen molar-refractivity contribution < 1.29 is 14.3 Å². The smallest absolute Gasteiger partial charge is 0.237 e. The predicted octanol–water partition coefficient (Wildman–Crippen LogP) is 4.22. The number of para-hydroxylation sites is 1. The number of aryl methyl sites for hydroxylation is 1. The normalized spacial score (nSPS) is 15.7. The maximum Gasteiger partial charge on any atom is 0.237 e. The highest BCUT2D eigenvalue weighted by atomic mass is 32.2. The molecule has 0 aliphatic carbocycles. The van der Waals surface area contributed by atoms with Gasteiger partial charge in [0.2, 0.25) is 5.91 Å². The standard InChI is InChI=1S/C21H25NO3S/c1-14-9-19(24-3)20(25-4)11-17(14)12-26-13-21(23)22-15(2)10-16-7-5-6-8-18(16)22/h5-9,11,15H,10,12-13H2,1-4H3/t15-/m0/s1. The van der Waals surface area contributed by atoms with Gasteiger partial charge in [0, 0.05) is 17.5 Å². The number of anilines is 1. The summed E-state index contributed by atoms with van der Waals surface area (Å²) in [7, 11) is 3.28. The molecule has 1 aliphatic rings. The molecule has 0 radical (unpaired) electrons. The number of hydrogen-bond donors (Lipinski definition) is 0. The highest BCUT2D eigenvalue weighted by Gasteiger charge is 2.30. The number of benzene rings is 2. The van der Waals surface area contributed by atoms with Crippen molar-refractivity contribution in [2.45, 2.75) is 32.1 Å². The van der Waals surface area contributed by atoms with Crippen LogP contribution in [0.1, 0.15) is 23.6 Å². The Morgan fingerprint density at radius 3 is 2.62 bits per heavy atom. The van der Waals surface area contributed by atoms with E-state index in [0.717, 1.165) is 40.5 Å². The number of ether oxygens (including phenoxy) is 2. The van der Waals surface area contributed by atoms with Crippen LogP contribution in [0.2, 0.25) is 0 Å². The van der Waals surface area contributed by atoms with Crippen molar-refractivity contribution in [3.05, 3.63) is 53.1 Å². The van der Waals surface area contributed by atoms with Gasteiger partial charge in [-0.25, -0.2) is 0 Å². The van der Waals surface area contributed by atoms with Crippen molar-refractivity contribution in [2.24, 2.45) is 0 Å². The molecule has 0 N–H and O–H groups in total. The third-order valence-electron chi connectivity index (χ3n) is 4.80. The van der Waals surface area contributed by atoms with Gasteiger partial charge in [0.1, 0.15) is 0 Å². The Hall–Kier alpha value is -2.14. The Kier molecular flexibility index (Phi) is 5.77. The summed E-state index contributed by atoms with van der Waals surface area (Å²) in [5, 5.41) is 0. The molecule has 0 spiro atoms. The molecule has 0 fully saturated rings. The Morgan fingerprint density at radius 1 is 1.19 bits per heavy atom. The summed E-state index contributed by atoms with van der Waals surface area (Å²) in [6.07, 6.45) is 0.932. The summed E-state index contributed by atoms with van der Waals surface area (Å²) in [4.78, 5) is 14.7. The van der Waals surface area contributed by atoms with Crippen LogP contribution in [0.5, 0.6) is 11.5 Å². The van der Waals surface area contributed by atoms with E-state index in [0.29, 0.717) is 5.75 Å². The SMILES string of the molecule is COc1cc(C)c(CSCC(=O)N2c3ccccc3C[C@@H]2C)cc1OC. The number of thioether (sulfide) groups is 1. The Morgan fingerprint density at radius 2 is 1.88 bits per heavy atom. The topological polar surface area (TPSA) is 38.8 Å². The molecule has 5 heteroatoms. The number of carbonyl (C=O) groups excluding carboxylic acids is 1. The molecule has 1 amide bonds. The third kappa shape index (κ3) is 3.68. The fraction of sp³-hybridized carbons (Fsp3) is 0.381. The van der Waals surface area contributed by atoms with Crippen LogP contribution in [0.25, 0.3) is 0 Å². The first-order chi connectivity index (χ1) is 12.5. The number of carbonyl (C=O) groups is 1. The van der Waals surface area contributed by atoms with Crippen molar-refractivity contribution in [1.29, 1.82) is 0 Å². The monoisotopic (exact) mass is 371 g/mol. The Bertz CT molecular complexity index is 806. The van der Waals surface area contributed by atoms with Crippen molar-refractivity contribution in [2.75, 3.05) is 24.9 Å². The molecule has 0 aromatic heterocycles. The van der Waals surface area contributed by atoms with Gasteiger partial charge < -0.3 is 14.4 Å². The van der Waals surface area contributed by atoms with Gasteiger partial charge >= 0.3 is 0 Å². The van der Waals surface area contributed by atoms with Gasteiger partial charge in [-0.3, -0.25) is 4.79 Å². The zero-order valence-corrected chi connectivity index (χ0v) is 16.6. The van der Waals surface area contributed by atoms with Crippen molar-refractivity contribution in [3.8, 4) is 11.5 Å². The number of methoxy groups -OCH3 is 2. The average Bonchev–Trinajstić information content (AvgIpc) is 2.98. The first-order valence-corrected chi connectivity index (χ1v) is 9.89. The van der Waals surface area contributed by atoms with E-state index < -0.39 is 0 Å². The minimum absolute atomic E-state index is 0.172. The van der Waals surface area contributed by atoms with E-state index in [1.165, 1.54) is 5.56 Å². The lowest BCUT2D eigenvalue weighted by molar-refractivity contribution is -0.116. The van der Waals surface area contributed by atoms with E-state index in [9.17, 15) is 4.79 Å². The maximum absolute atomic E-state index is 12.8. The number of nitrogens with zero attached hydrogens (tertiary/aromatic N) is 1. The van der Waals surface area contributed by atoms with Gasteiger partial charge in [-0.1, -0.05) is 18.2 Å². The number of hydrogen-bond acceptors (Lipinski definition) is 4. The van der Waals surface area contributed by atoms with E-state index >= 15 is 0 Å². The van der Waals surface area contributed by atoms with Gasteiger partial charge in [0.25, 0.3) is 0 Å². The summed E-state index contributed by atoms with van der Waals surface area (Å²) >= 11 is 1.64. The Balaban J connectivity index is 1.64. The summed E-state index contributed by atoms with van der Waals surface area (Å²) in [6, 6.07) is 12.4. The van der Waals surface area contributed by atoms with Crippen LogP contribution >= 0.6 is 11.8 Å². The fourth-order valence-corrected chi connectivity index (χ4v) is 4.39.